The molecule has 6 heteroatoms. The van der Waals surface area contributed by atoms with Crippen LogP contribution < -0.4 is 5.32 Å². The van der Waals surface area contributed by atoms with Gasteiger partial charge in [0, 0.05) is 11.6 Å². The minimum atomic E-state index is -0.0178. The van der Waals surface area contributed by atoms with Gasteiger partial charge >= 0.3 is 0 Å². The molecule has 1 heterocycles. The van der Waals surface area contributed by atoms with Crippen LogP contribution in [0.1, 0.15) is 31.7 Å². The average Bonchev–Trinajstić information content (AvgIpc) is 2.78. The molecule has 3 rings (SSSR count). The van der Waals surface area contributed by atoms with Crippen LogP contribution in [0.3, 0.4) is 0 Å². The highest BCUT2D eigenvalue weighted by molar-refractivity contribution is 7.71. The Bertz CT molecular complexity index is 760. The summed E-state index contributed by atoms with van der Waals surface area (Å²) >= 11 is 5.29. The molecule has 2 N–H and O–H groups in total. The number of amides is 1. The van der Waals surface area contributed by atoms with Gasteiger partial charge < -0.3 is 5.32 Å². The molecular formula is C17H22N4OS. The average molecular weight is 330 g/mol. The van der Waals surface area contributed by atoms with E-state index in [-0.39, 0.29) is 18.5 Å². The second kappa shape index (κ2) is 6.66. The number of benzene rings is 1. The van der Waals surface area contributed by atoms with Crippen molar-refractivity contribution < 1.29 is 4.79 Å². The summed E-state index contributed by atoms with van der Waals surface area (Å²) in [7, 11) is 0. The van der Waals surface area contributed by atoms with Crippen LogP contribution in [0, 0.1) is 17.6 Å². The highest BCUT2D eigenvalue weighted by atomic mass is 32.1. The zero-order valence-electron chi connectivity index (χ0n) is 13.5. The lowest BCUT2D eigenvalue weighted by atomic mass is 9.80. The first-order valence-corrected chi connectivity index (χ1v) is 8.47. The molecule has 23 heavy (non-hydrogen) atoms. The lowest BCUT2D eigenvalue weighted by Crippen LogP contribution is -2.42. The van der Waals surface area contributed by atoms with Gasteiger partial charge in [-0.05, 0) is 50.9 Å². The van der Waals surface area contributed by atoms with E-state index in [9.17, 15) is 4.79 Å². The van der Waals surface area contributed by atoms with Crippen LogP contribution in [-0.4, -0.2) is 26.7 Å². The summed E-state index contributed by atoms with van der Waals surface area (Å²) in [6.07, 6.45) is 3.69. The van der Waals surface area contributed by atoms with E-state index >= 15 is 0 Å². The second-order valence-electron chi connectivity index (χ2n) is 6.36. The summed E-state index contributed by atoms with van der Waals surface area (Å²) in [5.74, 6) is 1.30. The summed E-state index contributed by atoms with van der Waals surface area (Å²) in [5, 5.41) is 10.2. The standard InChI is InChI=1S/C17H22N4OS/c1-11-5-3-8-14(9-11)16-19-20-17(23)21(16)10-15(22)18-12(2)13-6-4-7-13/h3,5,8-9,12-13H,4,6-7,10H2,1-2H3,(H,18,22)(H,20,23). The van der Waals surface area contributed by atoms with Gasteiger partial charge in [-0.2, -0.15) is 5.10 Å². The maximum atomic E-state index is 12.3. The van der Waals surface area contributed by atoms with Crippen molar-refractivity contribution in [2.75, 3.05) is 0 Å². The number of aromatic amines is 1. The molecule has 2 aromatic rings. The molecule has 5 nitrogen and oxygen atoms in total. The number of H-pyrrole nitrogens is 1. The largest absolute Gasteiger partial charge is 0.352 e. The van der Waals surface area contributed by atoms with Crippen LogP contribution in [0.15, 0.2) is 24.3 Å². The molecule has 1 unspecified atom stereocenters. The summed E-state index contributed by atoms with van der Waals surface area (Å²) in [5.41, 5.74) is 2.10. The lowest BCUT2D eigenvalue weighted by molar-refractivity contribution is -0.122. The van der Waals surface area contributed by atoms with E-state index in [1.165, 1.54) is 19.3 Å². The van der Waals surface area contributed by atoms with Gasteiger partial charge in [-0.25, -0.2) is 0 Å². The monoisotopic (exact) mass is 330 g/mol. The van der Waals surface area contributed by atoms with Crippen molar-refractivity contribution in [3.05, 3.63) is 34.6 Å². The van der Waals surface area contributed by atoms with Crippen LogP contribution in [0.25, 0.3) is 11.4 Å². The quantitative estimate of drug-likeness (QED) is 0.828. The normalized spacial score (nSPS) is 15.9. The molecule has 0 radical (unpaired) electrons. The summed E-state index contributed by atoms with van der Waals surface area (Å²) in [6, 6.07) is 8.24. The first kappa shape index (κ1) is 15.9. The molecule has 1 aromatic carbocycles. The van der Waals surface area contributed by atoms with E-state index in [0.29, 0.717) is 16.5 Å². The summed E-state index contributed by atoms with van der Waals surface area (Å²) in [6.45, 7) is 4.30. The molecule has 0 spiro atoms. The Morgan fingerprint density at radius 1 is 1.52 bits per heavy atom. The zero-order valence-corrected chi connectivity index (χ0v) is 14.3. The number of hydrogen-bond acceptors (Lipinski definition) is 3. The predicted molar refractivity (Wildman–Crippen MR) is 92.5 cm³/mol. The van der Waals surface area contributed by atoms with E-state index in [1.54, 1.807) is 4.57 Å². The predicted octanol–water partition coefficient (Wildman–Crippen LogP) is 3.22. The van der Waals surface area contributed by atoms with Gasteiger partial charge in [0.1, 0.15) is 6.54 Å². The van der Waals surface area contributed by atoms with Gasteiger partial charge in [-0.3, -0.25) is 14.5 Å². The number of carbonyl (C=O) groups excluding carboxylic acids is 1. The fraction of sp³-hybridized carbons (Fsp3) is 0.471. The van der Waals surface area contributed by atoms with Crippen molar-refractivity contribution >= 4 is 18.1 Å². The number of nitrogens with one attached hydrogen (secondary N) is 2. The van der Waals surface area contributed by atoms with Crippen LogP contribution in [0.4, 0.5) is 0 Å². The zero-order chi connectivity index (χ0) is 16.4. The van der Waals surface area contributed by atoms with Crippen molar-refractivity contribution in [2.24, 2.45) is 5.92 Å². The van der Waals surface area contributed by atoms with Crippen LogP contribution >= 0.6 is 12.2 Å². The fourth-order valence-electron chi connectivity index (χ4n) is 2.97. The molecule has 122 valence electrons. The third-order valence-electron chi connectivity index (χ3n) is 4.58. The van der Waals surface area contributed by atoms with Gasteiger partial charge in [-0.15, -0.1) is 0 Å². The Labute approximate surface area is 141 Å². The molecule has 1 aliphatic carbocycles. The third kappa shape index (κ3) is 3.52. The molecule has 0 saturated heterocycles. The van der Waals surface area contributed by atoms with Crippen LogP contribution in [0.5, 0.6) is 0 Å². The molecule has 0 aliphatic heterocycles. The molecule has 1 saturated carbocycles. The van der Waals surface area contributed by atoms with Gasteiger partial charge in [0.2, 0.25) is 5.91 Å². The molecule has 0 bridgehead atoms. The lowest BCUT2D eigenvalue weighted by Gasteiger charge is -2.31. The van der Waals surface area contributed by atoms with E-state index in [2.05, 4.69) is 22.4 Å². The number of aromatic nitrogens is 3. The molecular weight excluding hydrogens is 308 g/mol. The first-order chi connectivity index (χ1) is 11.0. The van der Waals surface area contributed by atoms with E-state index in [1.807, 2.05) is 31.2 Å². The molecule has 1 fully saturated rings. The Hall–Kier alpha value is -1.95. The molecule has 1 aromatic heterocycles. The maximum absolute atomic E-state index is 12.3. The van der Waals surface area contributed by atoms with E-state index in [4.69, 9.17) is 12.2 Å². The number of rotatable bonds is 5. The third-order valence-corrected chi connectivity index (χ3v) is 4.89. The van der Waals surface area contributed by atoms with Crippen molar-refractivity contribution in [1.29, 1.82) is 0 Å². The Morgan fingerprint density at radius 3 is 2.96 bits per heavy atom. The van der Waals surface area contributed by atoms with Crippen LogP contribution in [-0.2, 0) is 11.3 Å². The summed E-state index contributed by atoms with van der Waals surface area (Å²) < 4.78 is 2.22. The van der Waals surface area contributed by atoms with Gasteiger partial charge in [-0.1, -0.05) is 30.2 Å². The highest BCUT2D eigenvalue weighted by Gasteiger charge is 2.25. The molecule has 1 amide bonds. The van der Waals surface area contributed by atoms with E-state index in [0.717, 1.165) is 11.1 Å². The topological polar surface area (TPSA) is 62.7 Å². The van der Waals surface area contributed by atoms with Gasteiger partial charge in [0.25, 0.3) is 0 Å². The van der Waals surface area contributed by atoms with Crippen molar-refractivity contribution in [3.8, 4) is 11.4 Å². The van der Waals surface area contributed by atoms with E-state index < -0.39 is 0 Å². The number of nitrogens with zero attached hydrogens (tertiary/aromatic N) is 2. The number of hydrogen-bond donors (Lipinski definition) is 2. The number of carbonyl (C=O) groups is 1. The summed E-state index contributed by atoms with van der Waals surface area (Å²) in [4.78, 5) is 12.3. The molecule has 1 aliphatic rings. The van der Waals surface area contributed by atoms with Gasteiger partial charge in [0.15, 0.2) is 10.6 Å². The molecule has 1 atom stereocenters. The van der Waals surface area contributed by atoms with Crippen molar-refractivity contribution in [2.45, 2.75) is 45.7 Å². The Kier molecular flexibility index (Phi) is 4.61. The SMILES string of the molecule is Cc1cccc(-c2n[nH]c(=S)n2CC(=O)NC(C)C2CCC2)c1. The minimum Gasteiger partial charge on any atom is -0.352 e. The smallest absolute Gasteiger partial charge is 0.240 e. The number of aryl methyl sites for hydroxylation is 1. The fourth-order valence-corrected chi connectivity index (χ4v) is 3.17. The van der Waals surface area contributed by atoms with Crippen molar-refractivity contribution in [1.82, 2.24) is 20.1 Å². The highest BCUT2D eigenvalue weighted by Crippen LogP contribution is 2.29. The van der Waals surface area contributed by atoms with Crippen molar-refractivity contribution in [3.63, 3.8) is 0 Å². The first-order valence-electron chi connectivity index (χ1n) is 8.06. The second-order valence-corrected chi connectivity index (χ2v) is 6.74. The minimum absolute atomic E-state index is 0.0178. The Balaban J connectivity index is 1.76. The Morgan fingerprint density at radius 2 is 2.30 bits per heavy atom. The van der Waals surface area contributed by atoms with Crippen LogP contribution in [0.2, 0.25) is 0 Å². The van der Waals surface area contributed by atoms with Gasteiger partial charge in [0.05, 0.1) is 0 Å². The maximum Gasteiger partial charge on any atom is 0.240 e.